The molecule has 1 aliphatic rings. The molecule has 0 heterocycles. The number of halogens is 1. The van der Waals surface area contributed by atoms with E-state index >= 15 is 0 Å². The Balaban J connectivity index is 2.18. The monoisotopic (exact) mass is 236 g/mol. The number of amides is 1. The second-order valence-electron chi connectivity index (χ2n) is 4.53. The molecule has 17 heavy (non-hydrogen) atoms. The molecule has 0 aliphatic heterocycles. The van der Waals surface area contributed by atoms with Crippen LogP contribution in [0.4, 0.5) is 10.1 Å². The minimum Gasteiger partial charge on any atom is -0.399 e. The third-order valence-corrected chi connectivity index (χ3v) is 3.07. The highest BCUT2D eigenvalue weighted by molar-refractivity contribution is 5.95. The van der Waals surface area contributed by atoms with Gasteiger partial charge < -0.3 is 10.6 Å². The lowest BCUT2D eigenvalue weighted by molar-refractivity contribution is 0.0752. The van der Waals surface area contributed by atoms with Crippen LogP contribution in [0.15, 0.2) is 18.2 Å². The van der Waals surface area contributed by atoms with Crippen molar-refractivity contribution in [3.8, 4) is 0 Å². The van der Waals surface area contributed by atoms with Gasteiger partial charge in [0.1, 0.15) is 5.82 Å². The van der Waals surface area contributed by atoms with Gasteiger partial charge in [0.2, 0.25) is 0 Å². The van der Waals surface area contributed by atoms with Crippen LogP contribution in [0.25, 0.3) is 0 Å². The number of carbonyl (C=O) groups excluding carboxylic acids is 1. The first-order chi connectivity index (χ1) is 8.11. The second-order valence-corrected chi connectivity index (χ2v) is 4.53. The van der Waals surface area contributed by atoms with Gasteiger partial charge in [-0.1, -0.05) is 0 Å². The van der Waals surface area contributed by atoms with Crippen LogP contribution < -0.4 is 5.73 Å². The molecular weight excluding hydrogens is 219 g/mol. The van der Waals surface area contributed by atoms with Crippen molar-refractivity contribution in [1.82, 2.24) is 4.90 Å². The molecule has 1 saturated carbocycles. The number of hydrogen-bond donors (Lipinski definition) is 1. The van der Waals surface area contributed by atoms with Gasteiger partial charge in [-0.3, -0.25) is 4.79 Å². The number of hydrogen-bond acceptors (Lipinski definition) is 2. The highest BCUT2D eigenvalue weighted by Crippen LogP contribution is 2.30. The normalized spacial score (nSPS) is 14.7. The molecule has 0 atom stereocenters. The third-order valence-electron chi connectivity index (χ3n) is 3.07. The predicted molar refractivity (Wildman–Crippen MR) is 65.1 cm³/mol. The molecule has 1 aromatic carbocycles. The molecule has 1 aliphatic carbocycles. The Kier molecular flexibility index (Phi) is 3.31. The van der Waals surface area contributed by atoms with E-state index in [0.29, 0.717) is 18.2 Å². The molecule has 92 valence electrons. The van der Waals surface area contributed by atoms with Crippen molar-refractivity contribution in [3.05, 3.63) is 29.6 Å². The topological polar surface area (TPSA) is 46.3 Å². The maximum atomic E-state index is 13.6. The average molecular weight is 236 g/mol. The number of nitrogen functional groups attached to an aromatic ring is 1. The van der Waals surface area contributed by atoms with Gasteiger partial charge in [0.05, 0.1) is 5.56 Å². The number of benzene rings is 1. The van der Waals surface area contributed by atoms with Crippen molar-refractivity contribution >= 4 is 11.6 Å². The Bertz CT molecular complexity index is 429. The van der Waals surface area contributed by atoms with Gasteiger partial charge in [-0.2, -0.15) is 0 Å². The van der Waals surface area contributed by atoms with E-state index in [1.54, 1.807) is 4.90 Å². The summed E-state index contributed by atoms with van der Waals surface area (Å²) < 4.78 is 13.6. The van der Waals surface area contributed by atoms with E-state index in [4.69, 9.17) is 5.73 Å². The molecule has 1 amide bonds. The molecule has 2 N–H and O–H groups in total. The minimum absolute atomic E-state index is 0.0764. The van der Waals surface area contributed by atoms with Gasteiger partial charge in [0.25, 0.3) is 5.91 Å². The molecule has 1 aromatic rings. The summed E-state index contributed by atoms with van der Waals surface area (Å²) >= 11 is 0. The standard InChI is InChI=1S/C13H17FN2O/c1-2-16(8-9-3-4-9)13(17)11-7-10(15)5-6-12(11)14/h5-7,9H,2-4,8,15H2,1H3. The Hall–Kier alpha value is -1.58. The van der Waals surface area contributed by atoms with Gasteiger partial charge in [0, 0.05) is 18.8 Å². The van der Waals surface area contributed by atoms with Crippen molar-refractivity contribution in [1.29, 1.82) is 0 Å². The van der Waals surface area contributed by atoms with E-state index in [9.17, 15) is 9.18 Å². The van der Waals surface area contributed by atoms with Crippen molar-refractivity contribution in [2.24, 2.45) is 5.92 Å². The summed E-state index contributed by atoms with van der Waals surface area (Å²) in [4.78, 5) is 13.8. The maximum absolute atomic E-state index is 13.6. The molecule has 0 aromatic heterocycles. The zero-order chi connectivity index (χ0) is 12.4. The first kappa shape index (κ1) is 11.9. The van der Waals surface area contributed by atoms with E-state index in [1.807, 2.05) is 6.92 Å². The highest BCUT2D eigenvalue weighted by atomic mass is 19.1. The molecule has 1 fully saturated rings. The quantitative estimate of drug-likeness (QED) is 0.815. The van der Waals surface area contributed by atoms with Crippen molar-refractivity contribution in [3.63, 3.8) is 0 Å². The number of nitrogens with two attached hydrogens (primary N) is 1. The summed E-state index contributed by atoms with van der Waals surface area (Å²) in [6, 6.07) is 4.12. The van der Waals surface area contributed by atoms with Crippen LogP contribution in [0.2, 0.25) is 0 Å². The molecule has 0 saturated heterocycles. The van der Waals surface area contributed by atoms with E-state index in [2.05, 4.69) is 0 Å². The number of carbonyl (C=O) groups is 1. The van der Waals surface area contributed by atoms with Crippen molar-refractivity contribution in [2.45, 2.75) is 19.8 Å². The summed E-state index contributed by atoms with van der Waals surface area (Å²) in [5, 5.41) is 0. The molecule has 0 bridgehead atoms. The van der Waals surface area contributed by atoms with Crippen LogP contribution in [-0.2, 0) is 0 Å². The van der Waals surface area contributed by atoms with Gasteiger partial charge in [-0.05, 0) is 43.9 Å². The second kappa shape index (κ2) is 4.73. The molecule has 4 heteroatoms. The first-order valence-electron chi connectivity index (χ1n) is 5.96. The Morgan fingerprint density at radius 1 is 1.53 bits per heavy atom. The summed E-state index contributed by atoms with van der Waals surface area (Å²) in [6.45, 7) is 3.23. The molecular formula is C13H17FN2O. The Morgan fingerprint density at radius 2 is 2.24 bits per heavy atom. The van der Waals surface area contributed by atoms with E-state index in [1.165, 1.54) is 31.0 Å². The maximum Gasteiger partial charge on any atom is 0.256 e. The fourth-order valence-electron chi connectivity index (χ4n) is 1.84. The Morgan fingerprint density at radius 3 is 2.82 bits per heavy atom. The average Bonchev–Trinajstić information content (AvgIpc) is 3.12. The fourth-order valence-corrected chi connectivity index (χ4v) is 1.84. The van der Waals surface area contributed by atoms with Gasteiger partial charge >= 0.3 is 0 Å². The van der Waals surface area contributed by atoms with Crippen LogP contribution in [0.5, 0.6) is 0 Å². The van der Waals surface area contributed by atoms with Crippen molar-refractivity contribution in [2.75, 3.05) is 18.8 Å². The zero-order valence-corrected chi connectivity index (χ0v) is 9.95. The lowest BCUT2D eigenvalue weighted by Gasteiger charge is -2.21. The van der Waals surface area contributed by atoms with Gasteiger partial charge in [0.15, 0.2) is 0 Å². The van der Waals surface area contributed by atoms with Crippen LogP contribution in [0.1, 0.15) is 30.1 Å². The molecule has 0 radical (unpaired) electrons. The summed E-state index contributed by atoms with van der Waals surface area (Å²) in [5.74, 6) is -0.161. The largest absolute Gasteiger partial charge is 0.399 e. The SMILES string of the molecule is CCN(CC1CC1)C(=O)c1cc(N)ccc1F. The minimum atomic E-state index is -0.501. The number of nitrogens with zero attached hydrogens (tertiary/aromatic N) is 1. The van der Waals surface area contributed by atoms with Gasteiger partial charge in [-0.15, -0.1) is 0 Å². The summed E-state index contributed by atoms with van der Waals surface area (Å²) in [5.41, 5.74) is 6.07. The smallest absolute Gasteiger partial charge is 0.256 e. The molecule has 3 nitrogen and oxygen atoms in total. The number of rotatable bonds is 4. The van der Waals surface area contributed by atoms with E-state index in [0.717, 1.165) is 6.54 Å². The fraction of sp³-hybridized carbons (Fsp3) is 0.462. The molecule has 2 rings (SSSR count). The zero-order valence-electron chi connectivity index (χ0n) is 9.95. The summed E-state index contributed by atoms with van der Waals surface area (Å²) in [7, 11) is 0. The Labute approximate surface area is 100 Å². The summed E-state index contributed by atoms with van der Waals surface area (Å²) in [6.07, 6.45) is 2.34. The van der Waals surface area contributed by atoms with Crippen LogP contribution in [-0.4, -0.2) is 23.9 Å². The van der Waals surface area contributed by atoms with Crippen LogP contribution in [0, 0.1) is 11.7 Å². The first-order valence-corrected chi connectivity index (χ1v) is 5.96. The van der Waals surface area contributed by atoms with Crippen LogP contribution >= 0.6 is 0 Å². The van der Waals surface area contributed by atoms with E-state index < -0.39 is 5.82 Å². The lowest BCUT2D eigenvalue weighted by Crippen LogP contribution is -2.33. The van der Waals surface area contributed by atoms with E-state index in [-0.39, 0.29) is 11.5 Å². The molecule has 0 spiro atoms. The highest BCUT2D eigenvalue weighted by Gasteiger charge is 2.27. The lowest BCUT2D eigenvalue weighted by atomic mass is 10.1. The predicted octanol–water partition coefficient (Wildman–Crippen LogP) is 2.28. The van der Waals surface area contributed by atoms with Crippen molar-refractivity contribution < 1.29 is 9.18 Å². The third kappa shape index (κ3) is 2.75. The molecule has 0 unspecified atom stereocenters. The number of anilines is 1. The van der Waals surface area contributed by atoms with Crippen LogP contribution in [0.3, 0.4) is 0 Å². The van der Waals surface area contributed by atoms with Gasteiger partial charge in [-0.25, -0.2) is 4.39 Å².